The van der Waals surface area contributed by atoms with Gasteiger partial charge in [0, 0.05) is 36.3 Å². The highest BCUT2D eigenvalue weighted by Crippen LogP contribution is 2.48. The Balaban J connectivity index is 1.42. The van der Waals surface area contributed by atoms with Gasteiger partial charge in [-0.15, -0.1) is 0 Å². The monoisotopic (exact) mass is 379 g/mol. The minimum atomic E-state index is 0.315. The van der Waals surface area contributed by atoms with Crippen molar-refractivity contribution in [3.8, 4) is 11.5 Å². The number of ether oxygens (including phenoxy) is 2. The van der Waals surface area contributed by atoms with Gasteiger partial charge in [0.2, 0.25) is 12.7 Å². The van der Waals surface area contributed by atoms with Gasteiger partial charge < -0.3 is 20.1 Å². The molecule has 146 valence electrons. The molecular formula is C21H25N5O2. The third-order valence-corrected chi connectivity index (χ3v) is 6.97. The Labute approximate surface area is 164 Å². The molecule has 2 N–H and O–H groups in total. The van der Waals surface area contributed by atoms with Crippen molar-refractivity contribution in [1.82, 2.24) is 14.9 Å². The summed E-state index contributed by atoms with van der Waals surface area (Å²) in [6.07, 6.45) is 2.54. The number of hydrogen-bond acceptors (Lipinski definition) is 7. The van der Waals surface area contributed by atoms with E-state index in [4.69, 9.17) is 15.2 Å². The largest absolute Gasteiger partial charge is 0.454 e. The van der Waals surface area contributed by atoms with E-state index in [-0.39, 0.29) is 0 Å². The number of aromatic nitrogens is 2. The average molecular weight is 379 g/mol. The molecule has 7 heteroatoms. The highest BCUT2D eigenvalue weighted by molar-refractivity contribution is 5.52. The summed E-state index contributed by atoms with van der Waals surface area (Å²) in [4.78, 5) is 14.1. The Morgan fingerprint density at radius 2 is 1.86 bits per heavy atom. The Morgan fingerprint density at radius 3 is 2.68 bits per heavy atom. The normalized spacial score (nSPS) is 32.6. The fraction of sp³-hybridized carbons (Fsp3) is 0.524. The first-order valence-electron chi connectivity index (χ1n) is 10.2. The van der Waals surface area contributed by atoms with Crippen LogP contribution in [0.1, 0.15) is 30.0 Å². The molecule has 6 heterocycles. The topological polar surface area (TPSA) is 76.7 Å². The maximum absolute atomic E-state index is 5.99. The van der Waals surface area contributed by atoms with Gasteiger partial charge in [-0.05, 0) is 56.5 Å². The number of fused-ring (bicyclic) bond motifs is 3. The van der Waals surface area contributed by atoms with E-state index in [1.165, 1.54) is 31.5 Å². The molecule has 3 atom stereocenters. The smallest absolute Gasteiger partial charge is 0.231 e. The molecule has 2 bridgehead atoms. The predicted molar refractivity (Wildman–Crippen MR) is 106 cm³/mol. The van der Waals surface area contributed by atoms with Gasteiger partial charge in [-0.25, -0.2) is 4.98 Å². The van der Waals surface area contributed by atoms with E-state index in [1.54, 1.807) is 0 Å². The van der Waals surface area contributed by atoms with Gasteiger partial charge in [-0.3, -0.25) is 4.90 Å². The third kappa shape index (κ3) is 2.38. The number of benzene rings is 1. The lowest BCUT2D eigenvalue weighted by molar-refractivity contribution is 0.0354. The first-order chi connectivity index (χ1) is 13.7. The second-order valence-electron chi connectivity index (χ2n) is 8.45. The minimum Gasteiger partial charge on any atom is -0.454 e. The zero-order chi connectivity index (χ0) is 18.8. The summed E-state index contributed by atoms with van der Waals surface area (Å²) < 4.78 is 11.2. The van der Waals surface area contributed by atoms with E-state index in [1.807, 2.05) is 6.92 Å². The van der Waals surface area contributed by atoms with E-state index in [0.29, 0.717) is 36.7 Å². The van der Waals surface area contributed by atoms with Gasteiger partial charge in [0.25, 0.3) is 0 Å². The summed E-state index contributed by atoms with van der Waals surface area (Å²) in [6.45, 7) is 5.64. The lowest BCUT2D eigenvalue weighted by atomic mass is 9.75. The molecule has 7 nitrogen and oxygen atoms in total. The number of nitrogens with zero attached hydrogens (tertiary/aromatic N) is 4. The molecule has 5 aliphatic rings. The quantitative estimate of drug-likeness (QED) is 0.857. The summed E-state index contributed by atoms with van der Waals surface area (Å²) in [6, 6.07) is 9.50. The van der Waals surface area contributed by atoms with E-state index in [9.17, 15) is 0 Å². The number of nitrogens with two attached hydrogens (primary N) is 1. The molecule has 0 saturated carbocycles. The number of piperidine rings is 3. The number of hydrogen-bond donors (Lipinski definition) is 1. The maximum Gasteiger partial charge on any atom is 0.231 e. The minimum absolute atomic E-state index is 0.315. The van der Waals surface area contributed by atoms with Crippen molar-refractivity contribution in [2.45, 2.75) is 37.8 Å². The van der Waals surface area contributed by atoms with E-state index in [2.05, 4.69) is 44.0 Å². The van der Waals surface area contributed by atoms with Crippen molar-refractivity contribution in [2.75, 3.05) is 37.1 Å². The van der Waals surface area contributed by atoms with Crippen molar-refractivity contribution in [2.24, 2.45) is 5.92 Å². The van der Waals surface area contributed by atoms with Crippen LogP contribution in [-0.4, -0.2) is 53.4 Å². The van der Waals surface area contributed by atoms with Crippen molar-refractivity contribution >= 4 is 11.8 Å². The highest BCUT2D eigenvalue weighted by Gasteiger charge is 2.53. The molecule has 0 radical (unpaired) electrons. The Bertz CT molecular complexity index is 907. The van der Waals surface area contributed by atoms with Crippen LogP contribution in [0.15, 0.2) is 24.3 Å². The van der Waals surface area contributed by atoms with Crippen LogP contribution < -0.4 is 20.1 Å². The van der Waals surface area contributed by atoms with Crippen LogP contribution in [-0.2, 0) is 0 Å². The van der Waals surface area contributed by atoms with Crippen LogP contribution in [0.3, 0.4) is 0 Å². The summed E-state index contributed by atoms with van der Waals surface area (Å²) in [7, 11) is 0. The molecule has 4 saturated heterocycles. The molecule has 0 amide bonds. The van der Waals surface area contributed by atoms with Crippen LogP contribution in [0, 0.1) is 12.8 Å². The first-order valence-corrected chi connectivity index (χ1v) is 10.2. The maximum atomic E-state index is 5.99. The molecule has 2 aromatic rings. The zero-order valence-electron chi connectivity index (χ0n) is 16.0. The summed E-state index contributed by atoms with van der Waals surface area (Å²) >= 11 is 0. The van der Waals surface area contributed by atoms with Crippen LogP contribution in [0.4, 0.5) is 11.8 Å². The number of aryl methyl sites for hydroxylation is 1. The second kappa shape index (κ2) is 5.98. The molecule has 5 aliphatic heterocycles. The SMILES string of the molecule is Cc1cc(N2C[C@H](c3ccc4c(c3)OCO4)[C@H]3[C@@H]2C2CCN3CC2)nc(N)n1. The summed E-state index contributed by atoms with van der Waals surface area (Å²) in [5.74, 6) is 4.17. The molecule has 1 aromatic heterocycles. The lowest BCUT2D eigenvalue weighted by Gasteiger charge is -2.51. The summed E-state index contributed by atoms with van der Waals surface area (Å²) in [5, 5.41) is 0. The standard InChI is InChI=1S/C21H25N5O2/c1-12-8-18(24-21(22)23-12)26-10-15(14-2-3-16-17(9-14)28-11-27-16)20-19(26)13-4-6-25(20)7-5-13/h2-3,8-9,13,15,19-20H,4-7,10-11H2,1H3,(H2,22,23,24)/t15-,19+,20+/m1/s1. The number of rotatable bonds is 2. The van der Waals surface area contributed by atoms with Crippen LogP contribution in [0.25, 0.3) is 0 Å². The molecule has 28 heavy (non-hydrogen) atoms. The highest BCUT2D eigenvalue weighted by atomic mass is 16.7. The van der Waals surface area contributed by atoms with Gasteiger partial charge >= 0.3 is 0 Å². The van der Waals surface area contributed by atoms with E-state index < -0.39 is 0 Å². The Morgan fingerprint density at radius 1 is 1.04 bits per heavy atom. The van der Waals surface area contributed by atoms with E-state index >= 15 is 0 Å². The van der Waals surface area contributed by atoms with Crippen LogP contribution in [0.2, 0.25) is 0 Å². The third-order valence-electron chi connectivity index (χ3n) is 6.97. The van der Waals surface area contributed by atoms with Gasteiger partial charge in [-0.2, -0.15) is 4.98 Å². The van der Waals surface area contributed by atoms with Crippen LogP contribution in [0.5, 0.6) is 11.5 Å². The molecular weight excluding hydrogens is 354 g/mol. The molecule has 0 spiro atoms. The molecule has 0 unspecified atom stereocenters. The zero-order valence-corrected chi connectivity index (χ0v) is 16.0. The Kier molecular flexibility index (Phi) is 3.50. The van der Waals surface area contributed by atoms with Gasteiger partial charge in [0.1, 0.15) is 5.82 Å². The average Bonchev–Trinajstić information content (AvgIpc) is 3.33. The lowest BCUT2D eigenvalue weighted by Crippen LogP contribution is -2.60. The van der Waals surface area contributed by atoms with Crippen molar-refractivity contribution < 1.29 is 9.47 Å². The number of anilines is 2. The van der Waals surface area contributed by atoms with Crippen molar-refractivity contribution in [1.29, 1.82) is 0 Å². The number of nitrogen functional groups attached to an aromatic ring is 1. The van der Waals surface area contributed by atoms with Crippen LogP contribution >= 0.6 is 0 Å². The molecule has 4 fully saturated rings. The van der Waals surface area contributed by atoms with E-state index in [0.717, 1.165) is 29.6 Å². The summed E-state index contributed by atoms with van der Waals surface area (Å²) in [5.41, 5.74) is 8.24. The van der Waals surface area contributed by atoms with Gasteiger partial charge in [0.15, 0.2) is 11.5 Å². The molecule has 7 rings (SSSR count). The van der Waals surface area contributed by atoms with Gasteiger partial charge in [0.05, 0.1) is 0 Å². The van der Waals surface area contributed by atoms with Crippen molar-refractivity contribution in [3.05, 3.63) is 35.5 Å². The Hall–Kier alpha value is -2.54. The fourth-order valence-electron chi connectivity index (χ4n) is 5.84. The second-order valence-corrected chi connectivity index (χ2v) is 8.45. The molecule has 0 aliphatic carbocycles. The van der Waals surface area contributed by atoms with Gasteiger partial charge in [-0.1, -0.05) is 6.07 Å². The predicted octanol–water partition coefficient (Wildman–Crippen LogP) is 2.16. The van der Waals surface area contributed by atoms with Crippen molar-refractivity contribution in [3.63, 3.8) is 0 Å². The molecule has 1 aromatic carbocycles. The first kappa shape index (κ1) is 16.4. The fourth-order valence-corrected chi connectivity index (χ4v) is 5.84.